The number of fused-ring (bicyclic) bond motifs is 1. The number of amides is 3. The van der Waals surface area contributed by atoms with E-state index in [0.717, 1.165) is 24.1 Å². The number of ether oxygens (including phenoxy) is 4. The molecule has 52 heavy (non-hydrogen) atoms. The van der Waals surface area contributed by atoms with Crippen molar-refractivity contribution in [3.05, 3.63) is 92.9 Å². The summed E-state index contributed by atoms with van der Waals surface area (Å²) in [6.45, 7) is 10.0. The first-order valence-corrected chi connectivity index (χ1v) is 18.0. The molecule has 1 fully saturated rings. The maximum Gasteiger partial charge on any atom is 0.407 e. The number of benzene rings is 2. The number of alkyl carbamates (subject to hydrolysis) is 1. The Morgan fingerprint density at radius 1 is 0.865 bits per heavy atom. The number of rotatable bonds is 15. The third-order valence-corrected chi connectivity index (χ3v) is 8.98. The van der Waals surface area contributed by atoms with Crippen molar-refractivity contribution in [1.82, 2.24) is 14.8 Å². The molecule has 14 heteroatoms. The number of piperazine rings is 1. The summed E-state index contributed by atoms with van der Waals surface area (Å²) in [6, 6.07) is 16.0. The van der Waals surface area contributed by atoms with Crippen molar-refractivity contribution in [2.45, 2.75) is 45.3 Å². The minimum absolute atomic E-state index is 0.00977. The zero-order valence-electron chi connectivity index (χ0n) is 30.0. The van der Waals surface area contributed by atoms with Gasteiger partial charge in [0.15, 0.2) is 0 Å². The van der Waals surface area contributed by atoms with Crippen LogP contribution < -0.4 is 21.1 Å². The Kier molecular flexibility index (Phi) is 13.7. The minimum Gasteiger partial charge on any atom is -0.444 e. The number of anilines is 2. The largest absolute Gasteiger partial charge is 0.444 e. The molecule has 1 aromatic heterocycles. The Balaban J connectivity index is 1.02. The zero-order chi connectivity index (χ0) is 37.1. The third kappa shape index (κ3) is 10.8. The third-order valence-electron chi connectivity index (χ3n) is 8.73. The van der Waals surface area contributed by atoms with E-state index in [1.165, 1.54) is 5.56 Å². The summed E-state index contributed by atoms with van der Waals surface area (Å²) in [5.41, 5.74) is 3.14. The number of nitrogens with one attached hydrogen (secondary N) is 2. The van der Waals surface area contributed by atoms with Crippen LogP contribution in [0.2, 0.25) is 5.02 Å². The molecule has 2 heterocycles. The summed E-state index contributed by atoms with van der Waals surface area (Å²) >= 11 is 5.96. The summed E-state index contributed by atoms with van der Waals surface area (Å²) < 4.78 is 23.3. The number of hydrogen-bond acceptors (Lipinski definition) is 9. The number of pyridine rings is 1. The van der Waals surface area contributed by atoms with Gasteiger partial charge in [0, 0.05) is 55.3 Å². The first-order valence-electron chi connectivity index (χ1n) is 17.6. The average Bonchev–Trinajstić information content (AvgIpc) is 3.55. The number of hydrogen-bond donors (Lipinski definition) is 2. The Hall–Kier alpha value is -4.43. The molecular formula is C38H48ClN5O8. The van der Waals surface area contributed by atoms with Gasteiger partial charge >= 0.3 is 6.09 Å². The van der Waals surface area contributed by atoms with Crippen LogP contribution in [0.4, 0.5) is 16.2 Å². The summed E-state index contributed by atoms with van der Waals surface area (Å²) in [5.74, 6) is -0.525. The first kappa shape index (κ1) is 38.8. The molecule has 2 N–H and O–H groups in total. The Labute approximate surface area is 309 Å². The highest BCUT2D eigenvalue weighted by atomic mass is 35.5. The molecule has 1 unspecified atom stereocenters. The van der Waals surface area contributed by atoms with Gasteiger partial charge in [-0.3, -0.25) is 14.4 Å². The Morgan fingerprint density at radius 3 is 2.27 bits per heavy atom. The lowest BCUT2D eigenvalue weighted by Gasteiger charge is -2.37. The minimum atomic E-state index is -0.541. The van der Waals surface area contributed by atoms with Crippen LogP contribution in [0.25, 0.3) is 0 Å². The maximum atomic E-state index is 13.6. The summed E-state index contributed by atoms with van der Waals surface area (Å²) in [7, 11) is 0. The van der Waals surface area contributed by atoms with E-state index in [1.54, 1.807) is 67.9 Å². The molecule has 1 aliphatic carbocycles. The van der Waals surface area contributed by atoms with Crippen molar-refractivity contribution in [3.8, 4) is 0 Å². The second-order valence-electron chi connectivity index (χ2n) is 13.6. The smallest absolute Gasteiger partial charge is 0.407 e. The molecule has 1 saturated heterocycles. The van der Waals surface area contributed by atoms with E-state index in [1.807, 2.05) is 11.0 Å². The lowest BCUT2D eigenvalue weighted by Crippen LogP contribution is -2.50. The predicted octanol–water partition coefficient (Wildman–Crippen LogP) is 4.51. The predicted molar refractivity (Wildman–Crippen MR) is 198 cm³/mol. The summed E-state index contributed by atoms with van der Waals surface area (Å²) in [6.07, 6.45) is 2.82. The Bertz CT molecular complexity index is 1730. The first-order chi connectivity index (χ1) is 25.0. The summed E-state index contributed by atoms with van der Waals surface area (Å²) in [5, 5.41) is 5.97. The monoisotopic (exact) mass is 737 g/mol. The Morgan fingerprint density at radius 2 is 1.56 bits per heavy atom. The normalized spacial score (nSPS) is 15.7. The van der Waals surface area contributed by atoms with Crippen LogP contribution in [0.15, 0.2) is 65.6 Å². The second-order valence-corrected chi connectivity index (χ2v) is 14.0. The van der Waals surface area contributed by atoms with Gasteiger partial charge in [0.05, 0.1) is 39.1 Å². The fraction of sp³-hybridized carbons (Fsp3) is 0.474. The van der Waals surface area contributed by atoms with Crippen LogP contribution in [-0.4, -0.2) is 105 Å². The van der Waals surface area contributed by atoms with Gasteiger partial charge in [-0.1, -0.05) is 23.7 Å². The van der Waals surface area contributed by atoms with Gasteiger partial charge < -0.3 is 43.9 Å². The SMILES string of the molecule is CC(C)(C)OC(=O)NCCOCCOCCOCC(=O)N1CCN(c2cccc3c2CCC3n2cccc(C(=O)Nc3ccc(Cl)cc3)c2=O)CC1. The van der Waals surface area contributed by atoms with Crippen molar-refractivity contribution in [1.29, 1.82) is 0 Å². The molecular weight excluding hydrogens is 690 g/mol. The van der Waals surface area contributed by atoms with Gasteiger partial charge in [0.2, 0.25) is 5.91 Å². The van der Waals surface area contributed by atoms with Gasteiger partial charge in [0.25, 0.3) is 11.5 Å². The molecule has 0 saturated carbocycles. The van der Waals surface area contributed by atoms with Crippen molar-refractivity contribution in [2.24, 2.45) is 0 Å². The molecule has 0 bridgehead atoms. The van der Waals surface area contributed by atoms with E-state index in [9.17, 15) is 19.2 Å². The molecule has 1 atom stereocenters. The topological polar surface area (TPSA) is 141 Å². The van der Waals surface area contributed by atoms with Gasteiger partial charge in [-0.15, -0.1) is 0 Å². The summed E-state index contributed by atoms with van der Waals surface area (Å²) in [4.78, 5) is 55.2. The number of carbonyl (C=O) groups excluding carboxylic acids is 3. The van der Waals surface area contributed by atoms with Crippen LogP contribution in [0.5, 0.6) is 0 Å². The fourth-order valence-corrected chi connectivity index (χ4v) is 6.41. The van der Waals surface area contributed by atoms with E-state index in [-0.39, 0.29) is 29.7 Å². The molecule has 0 spiro atoms. The highest BCUT2D eigenvalue weighted by Crippen LogP contribution is 2.39. The molecule has 3 amide bonds. The lowest BCUT2D eigenvalue weighted by atomic mass is 10.0. The lowest BCUT2D eigenvalue weighted by molar-refractivity contribution is -0.137. The van der Waals surface area contributed by atoms with Gasteiger partial charge in [-0.25, -0.2) is 4.79 Å². The van der Waals surface area contributed by atoms with Gasteiger partial charge in [0.1, 0.15) is 17.8 Å². The van der Waals surface area contributed by atoms with E-state index >= 15 is 0 Å². The highest BCUT2D eigenvalue weighted by Gasteiger charge is 2.30. The highest BCUT2D eigenvalue weighted by molar-refractivity contribution is 6.30. The van der Waals surface area contributed by atoms with Crippen LogP contribution in [0.1, 0.15) is 54.7 Å². The second kappa shape index (κ2) is 18.4. The van der Waals surface area contributed by atoms with Crippen molar-refractivity contribution in [2.75, 3.05) is 82.6 Å². The van der Waals surface area contributed by atoms with Gasteiger partial charge in [-0.05, 0) is 87.2 Å². The molecule has 1 aliphatic heterocycles. The van der Waals surface area contributed by atoms with E-state index < -0.39 is 17.6 Å². The molecule has 280 valence electrons. The number of aromatic nitrogens is 1. The average molecular weight is 738 g/mol. The molecule has 2 aromatic carbocycles. The standard InChI is InChI=1S/C38H48ClN5O8/c1-38(2,3)52-37(48)40-15-21-49-22-23-50-24-25-51-26-34(45)43-19-17-42(18-20-43)32-8-4-6-29-30(32)13-14-33(29)44-16-5-7-31(36(44)47)35(46)41-28-11-9-27(39)10-12-28/h4-12,16,33H,13-15,17-26H2,1-3H3,(H,40,48)(H,41,46). The molecule has 0 radical (unpaired) electrons. The molecule has 5 rings (SSSR count). The van der Waals surface area contributed by atoms with Crippen LogP contribution in [-0.2, 0) is 30.2 Å². The fourth-order valence-electron chi connectivity index (χ4n) is 6.29. The van der Waals surface area contributed by atoms with Crippen molar-refractivity contribution < 1.29 is 33.3 Å². The van der Waals surface area contributed by atoms with Crippen LogP contribution in [0.3, 0.4) is 0 Å². The quantitative estimate of drug-likeness (QED) is 0.216. The van der Waals surface area contributed by atoms with Crippen molar-refractivity contribution in [3.63, 3.8) is 0 Å². The van der Waals surface area contributed by atoms with E-state index in [0.29, 0.717) is 76.5 Å². The van der Waals surface area contributed by atoms with Gasteiger partial charge in [-0.2, -0.15) is 0 Å². The molecule has 2 aliphatic rings. The van der Waals surface area contributed by atoms with Crippen LogP contribution >= 0.6 is 11.6 Å². The van der Waals surface area contributed by atoms with E-state index in [2.05, 4.69) is 27.7 Å². The van der Waals surface area contributed by atoms with Crippen molar-refractivity contribution >= 4 is 40.9 Å². The molecule has 13 nitrogen and oxygen atoms in total. The van der Waals surface area contributed by atoms with E-state index in [4.69, 9.17) is 30.5 Å². The maximum absolute atomic E-state index is 13.6. The molecule has 3 aromatic rings. The number of halogens is 1. The number of carbonyl (C=O) groups is 3. The van der Waals surface area contributed by atoms with Crippen LogP contribution in [0, 0.1) is 0 Å². The number of nitrogens with zero attached hydrogens (tertiary/aromatic N) is 3. The zero-order valence-corrected chi connectivity index (χ0v) is 30.8.